The molecule has 0 aromatic carbocycles. The fourth-order valence-corrected chi connectivity index (χ4v) is 2.21. The molecule has 0 N–H and O–H groups in total. The molecule has 1 unspecified atom stereocenters. The smallest absolute Gasteiger partial charge is 0.112 e. The van der Waals surface area contributed by atoms with Crippen LogP contribution in [0.25, 0.3) is 11.0 Å². The highest BCUT2D eigenvalue weighted by Crippen LogP contribution is 2.24. The molecule has 1 atom stereocenters. The molecule has 5 heteroatoms. The number of rotatable bonds is 4. The number of pyridine rings is 2. The molecule has 0 aliphatic rings. The Hall–Kier alpha value is -0.870. The second-order valence-corrected chi connectivity index (χ2v) is 6.00. The van der Waals surface area contributed by atoms with Crippen LogP contribution in [-0.4, -0.2) is 28.9 Å². The van der Waals surface area contributed by atoms with Crippen LogP contribution in [0.4, 0.5) is 5.69 Å². The fraction of sp³-hybridized carbons (Fsp3) is 0.385. The summed E-state index contributed by atoms with van der Waals surface area (Å²) in [7, 11) is 2.05. The molecule has 2 aromatic heterocycles. The quantitative estimate of drug-likeness (QED) is 0.798. The van der Waals surface area contributed by atoms with E-state index in [2.05, 4.69) is 37.8 Å². The van der Waals surface area contributed by atoms with Gasteiger partial charge in [-0.25, -0.2) is 0 Å². The Balaban J connectivity index is 2.32. The van der Waals surface area contributed by atoms with Gasteiger partial charge >= 0.3 is 0 Å². The van der Waals surface area contributed by atoms with Crippen LogP contribution in [0.5, 0.6) is 0 Å². The highest BCUT2D eigenvalue weighted by molar-refractivity contribution is 9.10. The van der Waals surface area contributed by atoms with E-state index in [-0.39, 0.29) is 5.38 Å². The summed E-state index contributed by atoms with van der Waals surface area (Å²) in [6.45, 7) is 2.91. The molecular formula is C13H15BrClN3. The van der Waals surface area contributed by atoms with Gasteiger partial charge in [0.25, 0.3) is 0 Å². The molecule has 0 aliphatic carbocycles. The first kappa shape index (κ1) is 13.6. The number of hydrogen-bond acceptors (Lipinski definition) is 3. The van der Waals surface area contributed by atoms with Crippen molar-refractivity contribution in [3.8, 4) is 0 Å². The lowest BCUT2D eigenvalue weighted by molar-refractivity contribution is 0.774. The number of alkyl halides is 1. The summed E-state index contributed by atoms with van der Waals surface area (Å²) in [5, 5.41) is 0.183. The monoisotopic (exact) mass is 327 g/mol. The Morgan fingerprint density at radius 1 is 1.44 bits per heavy atom. The van der Waals surface area contributed by atoms with Gasteiger partial charge in [-0.3, -0.25) is 9.97 Å². The van der Waals surface area contributed by atoms with Crippen molar-refractivity contribution in [3.05, 3.63) is 29.0 Å². The minimum Gasteiger partial charge on any atom is -0.373 e. The van der Waals surface area contributed by atoms with Gasteiger partial charge in [-0.15, -0.1) is 11.6 Å². The van der Waals surface area contributed by atoms with Crippen molar-refractivity contribution < 1.29 is 0 Å². The zero-order chi connectivity index (χ0) is 13.1. The largest absolute Gasteiger partial charge is 0.373 e. The minimum atomic E-state index is 0.183. The number of nitrogens with zero attached hydrogens (tertiary/aromatic N) is 3. The number of anilines is 1. The first-order chi connectivity index (χ1) is 8.58. The summed E-state index contributed by atoms with van der Waals surface area (Å²) in [5.41, 5.74) is 2.91. The molecule has 2 rings (SSSR count). The Morgan fingerprint density at radius 2 is 2.22 bits per heavy atom. The highest BCUT2D eigenvalue weighted by atomic mass is 79.9. The zero-order valence-electron chi connectivity index (χ0n) is 10.4. The van der Waals surface area contributed by atoms with Crippen molar-refractivity contribution in [1.82, 2.24) is 9.97 Å². The van der Waals surface area contributed by atoms with E-state index >= 15 is 0 Å². The first-order valence-electron chi connectivity index (χ1n) is 5.83. The maximum absolute atomic E-state index is 5.99. The van der Waals surface area contributed by atoms with Gasteiger partial charge in [0.05, 0.1) is 11.2 Å². The van der Waals surface area contributed by atoms with Crippen molar-refractivity contribution in [3.63, 3.8) is 0 Å². The average Bonchev–Trinajstić information content (AvgIpc) is 2.34. The van der Waals surface area contributed by atoms with E-state index in [1.165, 1.54) is 0 Å². The van der Waals surface area contributed by atoms with Crippen LogP contribution < -0.4 is 4.90 Å². The molecule has 0 radical (unpaired) electrons. The van der Waals surface area contributed by atoms with E-state index in [0.29, 0.717) is 0 Å². The van der Waals surface area contributed by atoms with Crippen molar-refractivity contribution in [2.45, 2.75) is 18.7 Å². The van der Waals surface area contributed by atoms with Crippen LogP contribution in [0.15, 0.2) is 29.0 Å². The third-order valence-corrected chi connectivity index (χ3v) is 3.45. The Kier molecular flexibility index (Phi) is 4.40. The van der Waals surface area contributed by atoms with Crippen LogP contribution >= 0.6 is 27.5 Å². The summed E-state index contributed by atoms with van der Waals surface area (Å²) in [4.78, 5) is 11.0. The van der Waals surface area contributed by atoms with Crippen LogP contribution in [0.2, 0.25) is 0 Å². The van der Waals surface area contributed by atoms with Gasteiger partial charge in [0.1, 0.15) is 5.52 Å². The van der Waals surface area contributed by atoms with Crippen LogP contribution in [0.1, 0.15) is 13.3 Å². The van der Waals surface area contributed by atoms with Gasteiger partial charge in [-0.1, -0.05) is 0 Å². The molecule has 18 heavy (non-hydrogen) atoms. The van der Waals surface area contributed by atoms with Gasteiger partial charge < -0.3 is 4.90 Å². The lowest BCUT2D eigenvalue weighted by atomic mass is 10.2. The van der Waals surface area contributed by atoms with Crippen molar-refractivity contribution in [2.24, 2.45) is 0 Å². The summed E-state index contributed by atoms with van der Waals surface area (Å²) in [6, 6.07) is 3.96. The molecule has 0 amide bonds. The van der Waals surface area contributed by atoms with E-state index < -0.39 is 0 Å². The lowest BCUT2D eigenvalue weighted by Crippen LogP contribution is -2.21. The number of aromatic nitrogens is 2. The maximum Gasteiger partial charge on any atom is 0.112 e. The molecule has 96 valence electrons. The molecule has 2 aromatic rings. The highest BCUT2D eigenvalue weighted by Gasteiger charge is 2.09. The van der Waals surface area contributed by atoms with E-state index in [4.69, 9.17) is 11.6 Å². The topological polar surface area (TPSA) is 29.0 Å². The third kappa shape index (κ3) is 3.12. The SMILES string of the molecule is CC(Cl)CCN(C)c1ccnc2cc(Br)cnc12. The van der Waals surface area contributed by atoms with Crippen LogP contribution in [0.3, 0.4) is 0 Å². The second kappa shape index (κ2) is 5.85. The summed E-state index contributed by atoms with van der Waals surface area (Å²) in [5.74, 6) is 0. The van der Waals surface area contributed by atoms with Gasteiger partial charge in [0.15, 0.2) is 0 Å². The van der Waals surface area contributed by atoms with E-state index in [0.717, 1.165) is 34.2 Å². The van der Waals surface area contributed by atoms with Gasteiger partial charge in [0, 0.05) is 35.8 Å². The van der Waals surface area contributed by atoms with Gasteiger partial charge in [-0.05, 0) is 41.4 Å². The van der Waals surface area contributed by atoms with Crippen molar-refractivity contribution >= 4 is 44.3 Å². The summed E-state index contributed by atoms with van der Waals surface area (Å²) >= 11 is 9.40. The Morgan fingerprint density at radius 3 is 2.94 bits per heavy atom. The van der Waals surface area contributed by atoms with E-state index in [1.807, 2.05) is 25.3 Å². The van der Waals surface area contributed by atoms with Crippen LogP contribution in [-0.2, 0) is 0 Å². The predicted octanol–water partition coefficient (Wildman–Crippen LogP) is 3.85. The summed E-state index contributed by atoms with van der Waals surface area (Å²) < 4.78 is 0.941. The standard InChI is InChI=1S/C13H15BrClN3/c1-9(15)4-6-18(2)12-3-5-16-11-7-10(14)8-17-13(11)12/h3,5,7-9H,4,6H2,1-2H3. The molecule has 0 saturated carbocycles. The normalized spacial score (nSPS) is 12.7. The third-order valence-electron chi connectivity index (χ3n) is 2.80. The van der Waals surface area contributed by atoms with Crippen molar-refractivity contribution in [2.75, 3.05) is 18.5 Å². The van der Waals surface area contributed by atoms with E-state index in [9.17, 15) is 0 Å². The number of fused-ring (bicyclic) bond motifs is 1. The number of hydrogen-bond donors (Lipinski definition) is 0. The van der Waals surface area contributed by atoms with Gasteiger partial charge in [-0.2, -0.15) is 0 Å². The number of halogens is 2. The predicted molar refractivity (Wildman–Crippen MR) is 80.4 cm³/mol. The fourth-order valence-electron chi connectivity index (χ4n) is 1.79. The van der Waals surface area contributed by atoms with Crippen LogP contribution in [0, 0.1) is 0 Å². The zero-order valence-corrected chi connectivity index (χ0v) is 12.7. The second-order valence-electron chi connectivity index (χ2n) is 4.34. The lowest BCUT2D eigenvalue weighted by Gasteiger charge is -2.20. The molecule has 0 aliphatic heterocycles. The first-order valence-corrected chi connectivity index (χ1v) is 7.06. The van der Waals surface area contributed by atoms with Crippen molar-refractivity contribution in [1.29, 1.82) is 0 Å². The van der Waals surface area contributed by atoms with Gasteiger partial charge in [0.2, 0.25) is 0 Å². The molecule has 0 fully saturated rings. The minimum absolute atomic E-state index is 0.183. The molecule has 0 saturated heterocycles. The van der Waals surface area contributed by atoms with E-state index in [1.54, 1.807) is 6.20 Å². The Labute approximate surface area is 120 Å². The molecule has 0 bridgehead atoms. The molecule has 2 heterocycles. The molecular weight excluding hydrogens is 314 g/mol. The molecule has 3 nitrogen and oxygen atoms in total. The average molecular weight is 329 g/mol. The Bertz CT molecular complexity index is 545. The molecule has 0 spiro atoms. The maximum atomic E-state index is 5.99. The summed E-state index contributed by atoms with van der Waals surface area (Å²) in [6.07, 6.45) is 4.55.